The third kappa shape index (κ3) is 6.24. The SMILES string of the molecule is Cc1ccc(OCc2nnc(SCC(=O)Nc3sc4c(c3C(=O)OC(C)C)CCCC4)n2C)cc1. The highest BCUT2D eigenvalue weighted by molar-refractivity contribution is 7.99. The van der Waals surface area contributed by atoms with E-state index in [2.05, 4.69) is 15.5 Å². The van der Waals surface area contributed by atoms with E-state index in [0.717, 1.165) is 37.0 Å². The molecule has 1 amide bonds. The van der Waals surface area contributed by atoms with Crippen LogP contribution < -0.4 is 10.1 Å². The fourth-order valence-corrected chi connectivity index (χ4v) is 5.84. The first kappa shape index (κ1) is 25.2. The molecule has 3 aromatic rings. The maximum absolute atomic E-state index is 12.8. The van der Waals surface area contributed by atoms with Crippen LogP contribution in [0.15, 0.2) is 29.4 Å². The Morgan fingerprint density at radius 1 is 1.17 bits per heavy atom. The molecule has 1 N–H and O–H groups in total. The van der Waals surface area contributed by atoms with E-state index in [1.807, 2.05) is 56.7 Å². The summed E-state index contributed by atoms with van der Waals surface area (Å²) in [5.41, 5.74) is 2.71. The Bertz CT molecular complexity index is 1200. The smallest absolute Gasteiger partial charge is 0.341 e. The van der Waals surface area contributed by atoms with Gasteiger partial charge in [0.1, 0.15) is 17.4 Å². The van der Waals surface area contributed by atoms with Crippen LogP contribution in [0.5, 0.6) is 5.75 Å². The van der Waals surface area contributed by atoms with Gasteiger partial charge in [-0.2, -0.15) is 0 Å². The van der Waals surface area contributed by atoms with E-state index in [-0.39, 0.29) is 30.3 Å². The molecule has 10 heteroatoms. The number of ether oxygens (including phenoxy) is 2. The van der Waals surface area contributed by atoms with Gasteiger partial charge in [-0.05, 0) is 64.2 Å². The van der Waals surface area contributed by atoms with Crippen molar-refractivity contribution in [3.05, 3.63) is 51.7 Å². The molecule has 0 saturated carbocycles. The number of thiophene rings is 1. The van der Waals surface area contributed by atoms with Gasteiger partial charge in [-0.25, -0.2) is 4.79 Å². The molecule has 1 aliphatic rings. The van der Waals surface area contributed by atoms with Crippen LogP contribution in [0.2, 0.25) is 0 Å². The van der Waals surface area contributed by atoms with Crippen molar-refractivity contribution >= 4 is 40.0 Å². The first-order chi connectivity index (χ1) is 16.8. The zero-order chi connectivity index (χ0) is 24.9. The molecule has 0 aliphatic heterocycles. The number of benzene rings is 1. The van der Waals surface area contributed by atoms with Crippen LogP contribution in [0.3, 0.4) is 0 Å². The maximum atomic E-state index is 12.8. The number of hydrogen-bond acceptors (Lipinski definition) is 8. The summed E-state index contributed by atoms with van der Waals surface area (Å²) in [6.07, 6.45) is 3.68. The number of fused-ring (bicyclic) bond motifs is 1. The molecule has 0 unspecified atom stereocenters. The van der Waals surface area contributed by atoms with Gasteiger partial charge in [-0.3, -0.25) is 4.79 Å². The number of aryl methyl sites for hydroxylation is 2. The van der Waals surface area contributed by atoms with Gasteiger partial charge in [0.25, 0.3) is 0 Å². The number of rotatable bonds is 9. The minimum absolute atomic E-state index is 0.145. The van der Waals surface area contributed by atoms with Crippen LogP contribution in [0, 0.1) is 6.92 Å². The molecule has 4 rings (SSSR count). The maximum Gasteiger partial charge on any atom is 0.341 e. The molecule has 2 heterocycles. The van der Waals surface area contributed by atoms with E-state index in [9.17, 15) is 9.59 Å². The van der Waals surface area contributed by atoms with Gasteiger partial charge in [0.15, 0.2) is 11.0 Å². The van der Waals surface area contributed by atoms with Crippen molar-refractivity contribution in [2.24, 2.45) is 7.05 Å². The molecule has 1 aliphatic carbocycles. The van der Waals surface area contributed by atoms with Gasteiger partial charge in [-0.15, -0.1) is 21.5 Å². The standard InChI is InChI=1S/C25H30N4O4S2/c1-15(2)33-24(31)22-18-7-5-6-8-19(18)35-23(22)26-21(30)14-34-25-28-27-20(29(25)4)13-32-17-11-9-16(3)10-12-17/h9-12,15H,5-8,13-14H2,1-4H3,(H,26,30). The van der Waals surface area contributed by atoms with Gasteiger partial charge < -0.3 is 19.4 Å². The van der Waals surface area contributed by atoms with E-state index in [1.54, 1.807) is 0 Å². The zero-order valence-electron chi connectivity index (χ0n) is 20.4. The normalized spacial score (nSPS) is 12.9. The van der Waals surface area contributed by atoms with Crippen LogP contribution in [0.1, 0.15) is 58.9 Å². The zero-order valence-corrected chi connectivity index (χ0v) is 22.1. The lowest BCUT2D eigenvalue weighted by Gasteiger charge is -2.14. The Morgan fingerprint density at radius 3 is 2.66 bits per heavy atom. The number of esters is 1. The van der Waals surface area contributed by atoms with Crippen molar-refractivity contribution in [1.82, 2.24) is 14.8 Å². The van der Waals surface area contributed by atoms with Crippen molar-refractivity contribution in [2.75, 3.05) is 11.1 Å². The quantitative estimate of drug-likeness (QED) is 0.319. The fraction of sp³-hybridized carbons (Fsp3) is 0.440. The summed E-state index contributed by atoms with van der Waals surface area (Å²) >= 11 is 2.78. The van der Waals surface area contributed by atoms with Crippen LogP contribution >= 0.6 is 23.1 Å². The second-order valence-electron chi connectivity index (χ2n) is 8.77. The first-order valence-electron chi connectivity index (χ1n) is 11.7. The largest absolute Gasteiger partial charge is 0.486 e. The molecular weight excluding hydrogens is 484 g/mol. The second-order valence-corrected chi connectivity index (χ2v) is 10.8. The predicted molar refractivity (Wildman–Crippen MR) is 137 cm³/mol. The van der Waals surface area contributed by atoms with E-state index < -0.39 is 0 Å². The van der Waals surface area contributed by atoms with Gasteiger partial charge in [0, 0.05) is 11.9 Å². The molecule has 1 aromatic carbocycles. The van der Waals surface area contributed by atoms with Crippen LogP contribution in [-0.2, 0) is 36.0 Å². The highest BCUT2D eigenvalue weighted by Gasteiger charge is 2.28. The van der Waals surface area contributed by atoms with Crippen molar-refractivity contribution in [3.63, 3.8) is 0 Å². The molecular formula is C25H30N4O4S2. The number of carbonyl (C=O) groups is 2. The van der Waals surface area contributed by atoms with E-state index in [1.165, 1.54) is 33.5 Å². The molecule has 0 radical (unpaired) electrons. The van der Waals surface area contributed by atoms with Crippen molar-refractivity contribution in [2.45, 2.75) is 64.3 Å². The Labute approximate surface area is 213 Å². The molecule has 0 fully saturated rings. The Balaban J connectivity index is 1.38. The predicted octanol–water partition coefficient (Wildman–Crippen LogP) is 4.94. The number of nitrogens with zero attached hydrogens (tertiary/aromatic N) is 3. The summed E-state index contributed by atoms with van der Waals surface area (Å²) in [5.74, 6) is 1.00. The second kappa shape index (κ2) is 11.3. The minimum Gasteiger partial charge on any atom is -0.486 e. The van der Waals surface area contributed by atoms with Gasteiger partial charge in [-0.1, -0.05) is 29.5 Å². The summed E-state index contributed by atoms with van der Waals surface area (Å²) < 4.78 is 13.1. The topological polar surface area (TPSA) is 95.3 Å². The average molecular weight is 515 g/mol. The third-order valence-electron chi connectivity index (χ3n) is 5.62. The number of carbonyl (C=O) groups excluding carboxylic acids is 2. The lowest BCUT2D eigenvalue weighted by atomic mass is 9.95. The minimum atomic E-state index is -0.367. The monoisotopic (exact) mass is 514 g/mol. The Morgan fingerprint density at radius 2 is 1.91 bits per heavy atom. The molecule has 8 nitrogen and oxygen atoms in total. The number of aromatic nitrogens is 3. The first-order valence-corrected chi connectivity index (χ1v) is 13.5. The average Bonchev–Trinajstić information content (AvgIpc) is 3.36. The highest BCUT2D eigenvalue weighted by atomic mass is 32.2. The van der Waals surface area contributed by atoms with Crippen LogP contribution in [0.4, 0.5) is 5.00 Å². The van der Waals surface area contributed by atoms with E-state index >= 15 is 0 Å². The van der Waals surface area contributed by atoms with Crippen LogP contribution in [-0.4, -0.2) is 38.5 Å². The van der Waals surface area contributed by atoms with Gasteiger partial charge in [0.05, 0.1) is 17.4 Å². The lowest BCUT2D eigenvalue weighted by Crippen LogP contribution is -2.19. The number of nitrogens with one attached hydrogen (secondary N) is 1. The number of hydrogen-bond donors (Lipinski definition) is 1. The van der Waals surface area contributed by atoms with Gasteiger partial charge >= 0.3 is 5.97 Å². The molecule has 186 valence electrons. The summed E-state index contributed by atoms with van der Waals surface area (Å²) in [5, 5.41) is 12.5. The summed E-state index contributed by atoms with van der Waals surface area (Å²) in [6, 6.07) is 7.81. The summed E-state index contributed by atoms with van der Waals surface area (Å²) in [4.78, 5) is 26.8. The molecule has 2 aromatic heterocycles. The number of thioether (sulfide) groups is 1. The van der Waals surface area contributed by atoms with Crippen molar-refractivity contribution in [1.29, 1.82) is 0 Å². The fourth-order valence-electron chi connectivity index (χ4n) is 3.81. The van der Waals surface area contributed by atoms with Crippen molar-refractivity contribution < 1.29 is 19.1 Å². The summed E-state index contributed by atoms with van der Waals surface area (Å²) in [6.45, 7) is 5.96. The van der Waals surface area contributed by atoms with Crippen molar-refractivity contribution in [3.8, 4) is 5.75 Å². The van der Waals surface area contributed by atoms with E-state index in [0.29, 0.717) is 21.5 Å². The van der Waals surface area contributed by atoms with E-state index in [4.69, 9.17) is 9.47 Å². The third-order valence-corrected chi connectivity index (χ3v) is 7.84. The molecule has 35 heavy (non-hydrogen) atoms. The molecule has 0 saturated heterocycles. The molecule has 0 bridgehead atoms. The number of anilines is 1. The van der Waals surface area contributed by atoms with Gasteiger partial charge in [0.2, 0.25) is 5.91 Å². The highest BCUT2D eigenvalue weighted by Crippen LogP contribution is 2.39. The molecule has 0 spiro atoms. The van der Waals surface area contributed by atoms with Crippen LogP contribution in [0.25, 0.3) is 0 Å². The molecule has 0 atom stereocenters. The summed E-state index contributed by atoms with van der Waals surface area (Å²) in [7, 11) is 1.85. The number of amides is 1. The Hall–Kier alpha value is -2.85. The lowest BCUT2D eigenvalue weighted by molar-refractivity contribution is -0.113. The Kier molecular flexibility index (Phi) is 8.12.